The van der Waals surface area contributed by atoms with Crippen molar-refractivity contribution in [2.24, 2.45) is 0 Å². The van der Waals surface area contributed by atoms with Gasteiger partial charge in [-0.3, -0.25) is 0 Å². The predicted octanol–water partition coefficient (Wildman–Crippen LogP) is 1.35. The molecule has 2 atom stereocenters. The van der Waals surface area contributed by atoms with Crippen LogP contribution in [0.2, 0.25) is 0 Å². The number of rotatable bonds is 4. The molecule has 0 aromatic carbocycles. The van der Waals surface area contributed by atoms with Crippen LogP contribution in [0.25, 0.3) is 11.1 Å². The first kappa shape index (κ1) is 15.0. The van der Waals surface area contributed by atoms with Gasteiger partial charge in [-0.25, -0.2) is 18.1 Å². The number of sulfonamides is 1. The maximum absolute atomic E-state index is 12.7. The summed E-state index contributed by atoms with van der Waals surface area (Å²) >= 11 is 0. The zero-order valence-electron chi connectivity index (χ0n) is 12.9. The molecule has 4 rings (SSSR count). The molecule has 0 radical (unpaired) electrons. The molecule has 4 heterocycles. The summed E-state index contributed by atoms with van der Waals surface area (Å²) in [7, 11) is -3.58. The van der Waals surface area contributed by atoms with E-state index in [1.165, 1.54) is 6.20 Å². The first-order valence-electron chi connectivity index (χ1n) is 8.08. The summed E-state index contributed by atoms with van der Waals surface area (Å²) in [5.74, 6) is 0. The van der Waals surface area contributed by atoms with E-state index in [1.807, 2.05) is 6.92 Å². The summed E-state index contributed by atoms with van der Waals surface area (Å²) in [5.41, 5.74) is 1.10. The normalized spacial score (nSPS) is 27.6. The molecule has 2 aromatic rings. The van der Waals surface area contributed by atoms with Gasteiger partial charge in [-0.1, -0.05) is 12.1 Å². The Morgan fingerprint density at radius 1 is 1.35 bits per heavy atom. The standard InChI is InChI=1S/C15H20N4O3S/c1-2-14-13-7-12(8-16-15(13)22-18-14)23(20,21)19-11-5-9-3-4-10(6-11)17-9/h7-11,17,19H,2-6H2,1H3. The maximum atomic E-state index is 12.7. The Balaban J connectivity index is 1.60. The number of nitrogens with zero attached hydrogens (tertiary/aromatic N) is 2. The molecule has 0 amide bonds. The number of hydrogen-bond acceptors (Lipinski definition) is 6. The van der Waals surface area contributed by atoms with Gasteiger partial charge in [0.25, 0.3) is 5.71 Å². The van der Waals surface area contributed by atoms with Crippen LogP contribution >= 0.6 is 0 Å². The smallest absolute Gasteiger partial charge is 0.258 e. The molecular weight excluding hydrogens is 316 g/mol. The lowest BCUT2D eigenvalue weighted by atomic mass is 10.0. The zero-order chi connectivity index (χ0) is 16.0. The van der Waals surface area contributed by atoms with Gasteiger partial charge in [-0.05, 0) is 38.2 Å². The fraction of sp³-hybridized carbons (Fsp3) is 0.600. The topological polar surface area (TPSA) is 97.1 Å². The van der Waals surface area contributed by atoms with E-state index >= 15 is 0 Å². The summed E-state index contributed by atoms with van der Waals surface area (Å²) in [6, 6.07) is 2.47. The van der Waals surface area contributed by atoms with E-state index in [-0.39, 0.29) is 10.9 Å². The fourth-order valence-electron chi connectivity index (χ4n) is 3.70. The molecule has 2 aliphatic heterocycles. The second kappa shape index (κ2) is 5.54. The molecule has 7 nitrogen and oxygen atoms in total. The summed E-state index contributed by atoms with van der Waals surface area (Å²) in [4.78, 5) is 4.27. The summed E-state index contributed by atoms with van der Waals surface area (Å²) in [6.07, 6.45) is 5.97. The van der Waals surface area contributed by atoms with Gasteiger partial charge in [0.15, 0.2) is 0 Å². The first-order chi connectivity index (χ1) is 11.0. The molecule has 124 valence electrons. The molecule has 2 N–H and O–H groups in total. The molecular formula is C15H20N4O3S. The van der Waals surface area contributed by atoms with E-state index in [9.17, 15) is 8.42 Å². The zero-order valence-corrected chi connectivity index (χ0v) is 13.8. The van der Waals surface area contributed by atoms with Crippen molar-refractivity contribution in [1.82, 2.24) is 20.2 Å². The van der Waals surface area contributed by atoms with E-state index < -0.39 is 10.0 Å². The maximum Gasteiger partial charge on any atom is 0.258 e. The second-order valence-electron chi connectivity index (χ2n) is 6.43. The average molecular weight is 336 g/mol. The molecule has 8 heteroatoms. The van der Waals surface area contributed by atoms with Gasteiger partial charge in [-0.2, -0.15) is 0 Å². The van der Waals surface area contributed by atoms with Gasteiger partial charge in [-0.15, -0.1) is 0 Å². The minimum Gasteiger partial charge on any atom is -0.336 e. The lowest BCUT2D eigenvalue weighted by Gasteiger charge is -2.29. The van der Waals surface area contributed by atoms with Gasteiger partial charge in [0, 0.05) is 18.1 Å². The van der Waals surface area contributed by atoms with Crippen LogP contribution in [0, 0.1) is 0 Å². The molecule has 2 saturated heterocycles. The molecule has 0 aliphatic carbocycles. The Kier molecular flexibility index (Phi) is 3.62. The van der Waals surface area contributed by atoms with Crippen LogP contribution in [0.5, 0.6) is 0 Å². The third kappa shape index (κ3) is 2.75. The molecule has 2 aliphatic rings. The van der Waals surface area contributed by atoms with E-state index in [4.69, 9.17) is 4.52 Å². The number of pyridine rings is 1. The molecule has 2 bridgehead atoms. The van der Waals surface area contributed by atoms with Crippen molar-refractivity contribution in [3.05, 3.63) is 18.0 Å². The Hall–Kier alpha value is -1.51. The minimum absolute atomic E-state index is 0.0115. The monoisotopic (exact) mass is 336 g/mol. The third-order valence-electron chi connectivity index (χ3n) is 4.82. The number of fused-ring (bicyclic) bond motifs is 3. The minimum atomic E-state index is -3.58. The number of piperidine rings is 1. The van der Waals surface area contributed by atoms with E-state index in [2.05, 4.69) is 20.2 Å². The van der Waals surface area contributed by atoms with Crippen molar-refractivity contribution in [1.29, 1.82) is 0 Å². The van der Waals surface area contributed by atoms with Gasteiger partial charge in [0.2, 0.25) is 10.0 Å². The van der Waals surface area contributed by atoms with Crippen LogP contribution in [0.3, 0.4) is 0 Å². The van der Waals surface area contributed by atoms with Crippen LogP contribution in [-0.4, -0.2) is 36.7 Å². The molecule has 0 spiro atoms. The second-order valence-corrected chi connectivity index (χ2v) is 8.15. The fourth-order valence-corrected chi connectivity index (χ4v) is 4.93. The van der Waals surface area contributed by atoms with E-state index in [0.29, 0.717) is 29.6 Å². The van der Waals surface area contributed by atoms with Crippen LogP contribution < -0.4 is 10.0 Å². The van der Waals surface area contributed by atoms with Crippen LogP contribution in [0.15, 0.2) is 21.7 Å². The summed E-state index contributed by atoms with van der Waals surface area (Å²) in [6.45, 7) is 1.95. The largest absolute Gasteiger partial charge is 0.336 e. The van der Waals surface area contributed by atoms with Crippen LogP contribution in [0.1, 0.15) is 38.3 Å². The van der Waals surface area contributed by atoms with Crippen molar-refractivity contribution in [3.63, 3.8) is 0 Å². The Morgan fingerprint density at radius 3 is 2.78 bits per heavy atom. The Morgan fingerprint density at radius 2 is 2.09 bits per heavy atom. The van der Waals surface area contributed by atoms with E-state index in [0.717, 1.165) is 31.4 Å². The third-order valence-corrected chi connectivity index (χ3v) is 6.31. The van der Waals surface area contributed by atoms with Crippen molar-refractivity contribution >= 4 is 21.1 Å². The molecule has 2 fully saturated rings. The SMILES string of the molecule is CCc1noc2ncc(S(=O)(=O)NC3CC4CCC(C3)N4)cc12. The quantitative estimate of drug-likeness (QED) is 0.875. The van der Waals surface area contributed by atoms with Gasteiger partial charge in [0.1, 0.15) is 4.90 Å². The highest BCUT2D eigenvalue weighted by atomic mass is 32.2. The van der Waals surface area contributed by atoms with Gasteiger partial charge >= 0.3 is 0 Å². The Bertz CT molecular complexity index is 820. The highest BCUT2D eigenvalue weighted by molar-refractivity contribution is 7.89. The van der Waals surface area contributed by atoms with Crippen molar-refractivity contribution in [2.45, 2.75) is 62.0 Å². The average Bonchev–Trinajstić information content (AvgIpc) is 3.09. The van der Waals surface area contributed by atoms with E-state index in [1.54, 1.807) is 6.07 Å². The van der Waals surface area contributed by atoms with Crippen molar-refractivity contribution in [3.8, 4) is 0 Å². The number of nitrogens with one attached hydrogen (secondary N) is 2. The highest BCUT2D eigenvalue weighted by Gasteiger charge is 2.35. The first-order valence-corrected chi connectivity index (χ1v) is 9.56. The summed E-state index contributed by atoms with van der Waals surface area (Å²) < 4.78 is 33.3. The van der Waals surface area contributed by atoms with Crippen molar-refractivity contribution in [2.75, 3.05) is 0 Å². The van der Waals surface area contributed by atoms with Crippen LogP contribution in [0.4, 0.5) is 0 Å². The molecule has 2 aromatic heterocycles. The Labute approximate surface area is 134 Å². The highest BCUT2D eigenvalue weighted by Crippen LogP contribution is 2.28. The predicted molar refractivity (Wildman–Crippen MR) is 84.5 cm³/mol. The van der Waals surface area contributed by atoms with Gasteiger partial charge in [0.05, 0.1) is 17.3 Å². The molecule has 23 heavy (non-hydrogen) atoms. The number of hydrogen-bond donors (Lipinski definition) is 2. The lowest BCUT2D eigenvalue weighted by Crippen LogP contribution is -2.47. The van der Waals surface area contributed by atoms with Crippen molar-refractivity contribution < 1.29 is 12.9 Å². The number of aryl methyl sites for hydroxylation is 1. The van der Waals surface area contributed by atoms with Crippen LogP contribution in [-0.2, 0) is 16.4 Å². The number of aromatic nitrogens is 2. The lowest BCUT2D eigenvalue weighted by molar-refractivity contribution is 0.345. The van der Waals surface area contributed by atoms with Gasteiger partial charge < -0.3 is 9.84 Å². The molecule has 2 unspecified atom stereocenters. The molecule has 0 saturated carbocycles. The summed E-state index contributed by atoms with van der Waals surface area (Å²) in [5, 5.41) is 8.10.